The molecule has 0 aliphatic heterocycles. The van der Waals surface area contributed by atoms with Crippen molar-refractivity contribution < 1.29 is 9.90 Å². The van der Waals surface area contributed by atoms with Gasteiger partial charge in [-0.25, -0.2) is 9.78 Å². The lowest BCUT2D eigenvalue weighted by atomic mass is 10.1. The van der Waals surface area contributed by atoms with E-state index in [-0.39, 0.29) is 5.56 Å². The second kappa shape index (κ2) is 4.20. The van der Waals surface area contributed by atoms with E-state index in [0.29, 0.717) is 10.2 Å². The van der Waals surface area contributed by atoms with Crippen LogP contribution in [0.1, 0.15) is 25.6 Å². The number of aliphatic carboxylic acids is 1. The third kappa shape index (κ3) is 1.82. The van der Waals surface area contributed by atoms with Crippen LogP contribution in [0.2, 0.25) is 0 Å². The zero-order valence-corrected chi connectivity index (χ0v) is 11.2. The molecular formula is C12H14N2O3S. The Kier molecular flexibility index (Phi) is 2.98. The van der Waals surface area contributed by atoms with Crippen molar-refractivity contribution in [2.45, 2.75) is 32.7 Å². The van der Waals surface area contributed by atoms with E-state index in [1.165, 1.54) is 36.1 Å². The van der Waals surface area contributed by atoms with Gasteiger partial charge in [-0.3, -0.25) is 9.36 Å². The van der Waals surface area contributed by atoms with Crippen molar-refractivity contribution in [1.29, 1.82) is 0 Å². The van der Waals surface area contributed by atoms with Crippen molar-refractivity contribution in [3.05, 3.63) is 27.6 Å². The van der Waals surface area contributed by atoms with Gasteiger partial charge in [-0.05, 0) is 26.3 Å². The topological polar surface area (TPSA) is 72.2 Å². The normalized spacial score (nSPS) is 11.9. The molecule has 0 aliphatic carbocycles. The number of aromatic nitrogens is 2. The van der Waals surface area contributed by atoms with Crippen LogP contribution in [0.15, 0.2) is 17.2 Å². The van der Waals surface area contributed by atoms with Gasteiger partial charge in [0.25, 0.3) is 5.56 Å². The molecule has 1 N–H and O–H groups in total. The van der Waals surface area contributed by atoms with Crippen LogP contribution in [0, 0.1) is 0 Å². The predicted octanol–water partition coefficient (Wildman–Crippen LogP) is 1.84. The molecular weight excluding hydrogens is 252 g/mol. The number of thiophene rings is 1. The van der Waals surface area contributed by atoms with Gasteiger partial charge in [-0.15, -0.1) is 11.3 Å². The highest BCUT2D eigenvalue weighted by Crippen LogP contribution is 2.22. The summed E-state index contributed by atoms with van der Waals surface area (Å²) < 4.78 is 1.17. The summed E-state index contributed by atoms with van der Waals surface area (Å²) in [5, 5.41) is 9.65. The summed E-state index contributed by atoms with van der Waals surface area (Å²) >= 11 is 1.47. The predicted molar refractivity (Wildman–Crippen MR) is 70.2 cm³/mol. The highest BCUT2D eigenvalue weighted by molar-refractivity contribution is 7.18. The molecule has 0 saturated heterocycles. The van der Waals surface area contributed by atoms with Crippen molar-refractivity contribution >= 4 is 27.5 Å². The molecule has 0 saturated carbocycles. The first-order chi connectivity index (χ1) is 8.37. The molecule has 18 heavy (non-hydrogen) atoms. The number of aryl methyl sites for hydroxylation is 1. The van der Waals surface area contributed by atoms with E-state index in [1.54, 1.807) is 6.07 Å². The van der Waals surface area contributed by atoms with Crippen molar-refractivity contribution in [3.8, 4) is 0 Å². The van der Waals surface area contributed by atoms with E-state index in [0.717, 1.165) is 11.3 Å². The molecule has 0 amide bonds. The summed E-state index contributed by atoms with van der Waals surface area (Å²) in [7, 11) is 0. The minimum atomic E-state index is -1.30. The van der Waals surface area contributed by atoms with E-state index in [9.17, 15) is 9.59 Å². The molecule has 0 radical (unpaired) electrons. The van der Waals surface area contributed by atoms with Crippen LogP contribution < -0.4 is 5.56 Å². The summed E-state index contributed by atoms with van der Waals surface area (Å²) in [5.74, 6) is -1.06. The maximum atomic E-state index is 12.3. The number of carboxylic acid groups (broad SMARTS) is 1. The monoisotopic (exact) mass is 266 g/mol. The fourth-order valence-corrected chi connectivity index (χ4v) is 2.57. The first kappa shape index (κ1) is 12.8. The molecule has 0 fully saturated rings. The van der Waals surface area contributed by atoms with Crippen molar-refractivity contribution in [1.82, 2.24) is 9.55 Å². The molecule has 2 aromatic heterocycles. The number of carboxylic acids is 1. The van der Waals surface area contributed by atoms with Gasteiger partial charge < -0.3 is 5.11 Å². The molecule has 5 nitrogen and oxygen atoms in total. The Morgan fingerprint density at radius 3 is 2.78 bits per heavy atom. The van der Waals surface area contributed by atoms with E-state index >= 15 is 0 Å². The second-order valence-corrected chi connectivity index (χ2v) is 5.68. The smallest absolute Gasteiger partial charge is 0.329 e. The Morgan fingerprint density at radius 2 is 2.22 bits per heavy atom. The van der Waals surface area contributed by atoms with Gasteiger partial charge in [0.15, 0.2) is 0 Å². The number of carbonyl (C=O) groups is 1. The Bertz CT molecular complexity index is 670. The standard InChI is InChI=1S/C12H14N2O3S/c1-4-7-5-8-9(18-7)13-6-14(10(8)15)12(2,3)11(16)17/h5-6H,4H2,1-3H3,(H,16,17). The molecule has 6 heteroatoms. The summed E-state index contributed by atoms with van der Waals surface area (Å²) in [6, 6.07) is 1.80. The van der Waals surface area contributed by atoms with Crippen LogP contribution in [0.25, 0.3) is 10.2 Å². The summed E-state index contributed by atoms with van der Waals surface area (Å²) in [6.07, 6.45) is 2.15. The zero-order valence-electron chi connectivity index (χ0n) is 10.4. The van der Waals surface area contributed by atoms with Gasteiger partial charge >= 0.3 is 5.97 Å². The number of hydrogen-bond donors (Lipinski definition) is 1. The largest absolute Gasteiger partial charge is 0.480 e. The van der Waals surface area contributed by atoms with Crippen LogP contribution in [0.5, 0.6) is 0 Å². The van der Waals surface area contributed by atoms with Crippen LogP contribution in [0.3, 0.4) is 0 Å². The molecule has 2 rings (SSSR count). The summed E-state index contributed by atoms with van der Waals surface area (Å²) in [6.45, 7) is 4.97. The number of fused-ring (bicyclic) bond motifs is 1. The van der Waals surface area contributed by atoms with Gasteiger partial charge in [-0.1, -0.05) is 6.92 Å². The maximum Gasteiger partial charge on any atom is 0.329 e. The molecule has 0 aromatic carbocycles. The molecule has 0 unspecified atom stereocenters. The van der Waals surface area contributed by atoms with Gasteiger partial charge in [0.1, 0.15) is 16.7 Å². The molecule has 2 aromatic rings. The number of nitrogens with zero attached hydrogens (tertiary/aromatic N) is 2. The third-order valence-corrected chi connectivity index (χ3v) is 4.16. The quantitative estimate of drug-likeness (QED) is 0.920. The summed E-state index contributed by atoms with van der Waals surface area (Å²) in [5.41, 5.74) is -1.60. The second-order valence-electron chi connectivity index (χ2n) is 4.57. The van der Waals surface area contributed by atoms with Gasteiger partial charge in [-0.2, -0.15) is 0 Å². The molecule has 2 heterocycles. The van der Waals surface area contributed by atoms with Crippen molar-refractivity contribution in [2.24, 2.45) is 0 Å². The third-order valence-electron chi connectivity index (χ3n) is 2.98. The lowest BCUT2D eigenvalue weighted by Crippen LogP contribution is -2.42. The summed E-state index contributed by atoms with van der Waals surface area (Å²) in [4.78, 5) is 29.4. The SMILES string of the molecule is CCc1cc2c(=O)n(C(C)(C)C(=O)O)cnc2s1. The molecule has 0 aliphatic rings. The lowest BCUT2D eigenvalue weighted by Gasteiger charge is -2.21. The number of hydrogen-bond acceptors (Lipinski definition) is 4. The van der Waals surface area contributed by atoms with E-state index in [4.69, 9.17) is 5.11 Å². The van der Waals surface area contributed by atoms with Gasteiger partial charge in [0.05, 0.1) is 5.39 Å². The fourth-order valence-electron chi connectivity index (χ4n) is 1.65. The molecule has 0 atom stereocenters. The van der Waals surface area contributed by atoms with Crippen molar-refractivity contribution in [2.75, 3.05) is 0 Å². The van der Waals surface area contributed by atoms with Crippen LogP contribution in [-0.2, 0) is 16.8 Å². The average Bonchev–Trinajstić information content (AvgIpc) is 2.72. The Balaban J connectivity index is 2.72. The Labute approximate surface area is 108 Å². The highest BCUT2D eigenvalue weighted by atomic mass is 32.1. The fraction of sp³-hybridized carbons (Fsp3) is 0.417. The lowest BCUT2D eigenvalue weighted by molar-refractivity contribution is -0.145. The number of rotatable bonds is 3. The molecule has 96 valence electrons. The maximum absolute atomic E-state index is 12.3. The first-order valence-electron chi connectivity index (χ1n) is 5.62. The van der Waals surface area contributed by atoms with E-state index in [2.05, 4.69) is 4.98 Å². The Morgan fingerprint density at radius 1 is 1.56 bits per heavy atom. The Hall–Kier alpha value is -1.69. The van der Waals surface area contributed by atoms with Crippen LogP contribution >= 0.6 is 11.3 Å². The molecule has 0 spiro atoms. The average molecular weight is 266 g/mol. The zero-order chi connectivity index (χ0) is 13.5. The van der Waals surface area contributed by atoms with Crippen molar-refractivity contribution in [3.63, 3.8) is 0 Å². The van der Waals surface area contributed by atoms with Gasteiger partial charge in [0.2, 0.25) is 0 Å². The minimum Gasteiger partial charge on any atom is -0.480 e. The van der Waals surface area contributed by atoms with E-state index < -0.39 is 11.5 Å². The van der Waals surface area contributed by atoms with E-state index in [1.807, 2.05) is 6.92 Å². The first-order valence-corrected chi connectivity index (χ1v) is 6.43. The highest BCUT2D eigenvalue weighted by Gasteiger charge is 2.31. The van der Waals surface area contributed by atoms with Crippen LogP contribution in [0.4, 0.5) is 0 Å². The molecule has 0 bridgehead atoms. The van der Waals surface area contributed by atoms with Crippen LogP contribution in [-0.4, -0.2) is 20.6 Å². The minimum absolute atomic E-state index is 0.302. The van der Waals surface area contributed by atoms with Gasteiger partial charge in [0, 0.05) is 4.88 Å².